The van der Waals surface area contributed by atoms with Crippen LogP contribution in [0.2, 0.25) is 0 Å². The van der Waals surface area contributed by atoms with Gasteiger partial charge in [0.15, 0.2) is 0 Å². The molecule has 0 atom stereocenters. The summed E-state index contributed by atoms with van der Waals surface area (Å²) >= 11 is 0. The molecule has 0 spiro atoms. The standard InChI is InChI=1S/C10H14.C8H10.C6H12/c1-4-10-6-5-8(2)9(3)7-10;1-7-3-5-8(2)6-4-7;1-3-6(2)4-5-6/h5-7H,4H2,1-3H3;3-6H,1-2H3;3-5H2,1-2H3. The minimum absolute atomic E-state index is 0.792. The quantitative estimate of drug-likeness (QED) is 0.541. The monoisotopic (exact) mass is 324 g/mol. The number of hydrogen-bond acceptors (Lipinski definition) is 0. The van der Waals surface area contributed by atoms with E-state index in [0.717, 1.165) is 11.8 Å². The minimum Gasteiger partial charge on any atom is -0.0649 e. The first-order valence-corrected chi connectivity index (χ1v) is 9.39. The Balaban J connectivity index is 0.000000186. The Hall–Kier alpha value is -1.56. The molecule has 1 aliphatic carbocycles. The third kappa shape index (κ3) is 7.81. The summed E-state index contributed by atoms with van der Waals surface area (Å²) in [4.78, 5) is 0. The maximum absolute atomic E-state index is 2.35. The van der Waals surface area contributed by atoms with Crippen LogP contribution in [0.1, 0.15) is 67.9 Å². The lowest BCUT2D eigenvalue weighted by Crippen LogP contribution is -1.84. The Morgan fingerprint density at radius 1 is 0.750 bits per heavy atom. The number of hydrogen-bond donors (Lipinski definition) is 0. The second kappa shape index (κ2) is 9.67. The molecule has 0 radical (unpaired) electrons. The van der Waals surface area contributed by atoms with Crippen molar-refractivity contribution in [3.8, 4) is 0 Å². The molecule has 1 aliphatic rings. The fraction of sp³-hybridized carbons (Fsp3) is 0.500. The molecule has 0 bridgehead atoms. The molecule has 3 rings (SSSR count). The van der Waals surface area contributed by atoms with Crippen LogP contribution >= 0.6 is 0 Å². The Morgan fingerprint density at radius 3 is 1.54 bits per heavy atom. The predicted molar refractivity (Wildman–Crippen MR) is 109 cm³/mol. The van der Waals surface area contributed by atoms with Crippen molar-refractivity contribution in [1.29, 1.82) is 0 Å². The summed E-state index contributed by atoms with van der Waals surface area (Å²) in [6.07, 6.45) is 5.47. The summed E-state index contributed by atoms with van der Waals surface area (Å²) in [7, 11) is 0. The van der Waals surface area contributed by atoms with Crippen LogP contribution in [-0.2, 0) is 6.42 Å². The molecular weight excluding hydrogens is 288 g/mol. The van der Waals surface area contributed by atoms with Gasteiger partial charge in [0, 0.05) is 0 Å². The van der Waals surface area contributed by atoms with Crippen molar-refractivity contribution in [2.75, 3.05) is 0 Å². The van der Waals surface area contributed by atoms with E-state index in [4.69, 9.17) is 0 Å². The summed E-state index contributed by atoms with van der Waals surface area (Å²) in [5, 5.41) is 0. The van der Waals surface area contributed by atoms with Crippen molar-refractivity contribution < 1.29 is 0 Å². The third-order valence-electron chi connectivity index (χ3n) is 5.15. The largest absolute Gasteiger partial charge is 0.0649 e. The maximum atomic E-state index is 2.35. The smallest absolute Gasteiger partial charge is 0.0307 e. The minimum atomic E-state index is 0.792. The normalized spacial score (nSPS) is 14.0. The van der Waals surface area contributed by atoms with E-state index in [-0.39, 0.29) is 0 Å². The Kier molecular flexibility index (Phi) is 8.25. The molecule has 0 amide bonds. The summed E-state index contributed by atoms with van der Waals surface area (Å²) < 4.78 is 0. The summed E-state index contributed by atoms with van der Waals surface area (Å²) in [5.41, 5.74) is 7.67. The zero-order valence-corrected chi connectivity index (χ0v) is 16.9. The molecule has 2 aromatic rings. The molecule has 0 N–H and O–H groups in total. The first-order chi connectivity index (χ1) is 11.3. The zero-order valence-electron chi connectivity index (χ0n) is 16.9. The van der Waals surface area contributed by atoms with E-state index >= 15 is 0 Å². The van der Waals surface area contributed by atoms with Crippen LogP contribution < -0.4 is 0 Å². The van der Waals surface area contributed by atoms with E-state index in [9.17, 15) is 0 Å². The third-order valence-corrected chi connectivity index (χ3v) is 5.15. The second-order valence-electron chi connectivity index (χ2n) is 7.59. The lowest BCUT2D eigenvalue weighted by molar-refractivity contribution is 0.551. The number of aryl methyl sites for hydroxylation is 5. The van der Waals surface area contributed by atoms with Gasteiger partial charge in [0.25, 0.3) is 0 Å². The van der Waals surface area contributed by atoms with Crippen LogP contribution in [0, 0.1) is 33.1 Å². The number of rotatable bonds is 2. The molecule has 132 valence electrons. The molecule has 0 aromatic heterocycles. The van der Waals surface area contributed by atoms with Gasteiger partial charge in [-0.15, -0.1) is 0 Å². The highest BCUT2D eigenvalue weighted by Gasteiger charge is 2.34. The average molecular weight is 325 g/mol. The van der Waals surface area contributed by atoms with Crippen molar-refractivity contribution in [3.05, 3.63) is 70.3 Å². The highest BCUT2D eigenvalue weighted by Crippen LogP contribution is 2.47. The van der Waals surface area contributed by atoms with Gasteiger partial charge in [-0.05, 0) is 69.1 Å². The van der Waals surface area contributed by atoms with Crippen LogP contribution in [0.15, 0.2) is 42.5 Å². The van der Waals surface area contributed by atoms with Gasteiger partial charge >= 0.3 is 0 Å². The fourth-order valence-corrected chi connectivity index (χ4v) is 2.23. The van der Waals surface area contributed by atoms with E-state index in [0.29, 0.717) is 0 Å². The van der Waals surface area contributed by atoms with Crippen LogP contribution in [0.4, 0.5) is 0 Å². The first kappa shape index (κ1) is 20.5. The predicted octanol–water partition coefficient (Wildman–Crippen LogP) is 7.37. The summed E-state index contributed by atoms with van der Waals surface area (Å²) in [6.45, 7) is 15.3. The van der Waals surface area contributed by atoms with E-state index < -0.39 is 0 Å². The molecule has 0 nitrogen and oxygen atoms in total. The average Bonchev–Trinajstić information content (AvgIpc) is 3.32. The van der Waals surface area contributed by atoms with Crippen molar-refractivity contribution in [3.63, 3.8) is 0 Å². The van der Waals surface area contributed by atoms with E-state index in [1.54, 1.807) is 0 Å². The molecule has 0 saturated heterocycles. The molecule has 1 saturated carbocycles. The lowest BCUT2D eigenvalue weighted by atomic mass is 10.1. The highest BCUT2D eigenvalue weighted by molar-refractivity contribution is 5.29. The van der Waals surface area contributed by atoms with Gasteiger partial charge in [0.05, 0.1) is 0 Å². The molecule has 0 unspecified atom stereocenters. The molecule has 1 fully saturated rings. The lowest BCUT2D eigenvalue weighted by Gasteiger charge is -2.01. The molecular formula is C24H36. The summed E-state index contributed by atoms with van der Waals surface area (Å²) in [6, 6.07) is 15.1. The van der Waals surface area contributed by atoms with Crippen LogP contribution in [0.5, 0.6) is 0 Å². The number of benzene rings is 2. The van der Waals surface area contributed by atoms with Gasteiger partial charge in [-0.1, -0.05) is 80.8 Å². The molecule has 0 heteroatoms. The van der Waals surface area contributed by atoms with Gasteiger partial charge in [0.2, 0.25) is 0 Å². The van der Waals surface area contributed by atoms with Crippen molar-refractivity contribution in [1.82, 2.24) is 0 Å². The topological polar surface area (TPSA) is 0 Å². The second-order valence-corrected chi connectivity index (χ2v) is 7.59. The van der Waals surface area contributed by atoms with Gasteiger partial charge in [-0.2, -0.15) is 0 Å². The maximum Gasteiger partial charge on any atom is -0.0307 e. The molecule has 0 heterocycles. The van der Waals surface area contributed by atoms with Gasteiger partial charge in [-0.3, -0.25) is 0 Å². The molecule has 2 aromatic carbocycles. The highest BCUT2D eigenvalue weighted by atomic mass is 14.4. The van der Waals surface area contributed by atoms with Crippen molar-refractivity contribution in [2.24, 2.45) is 5.41 Å². The van der Waals surface area contributed by atoms with Crippen molar-refractivity contribution in [2.45, 2.75) is 74.1 Å². The van der Waals surface area contributed by atoms with Crippen LogP contribution in [0.3, 0.4) is 0 Å². The van der Waals surface area contributed by atoms with Gasteiger partial charge in [0.1, 0.15) is 0 Å². The van der Waals surface area contributed by atoms with Crippen LogP contribution in [-0.4, -0.2) is 0 Å². The van der Waals surface area contributed by atoms with Crippen molar-refractivity contribution >= 4 is 0 Å². The molecule has 0 aliphatic heterocycles. The fourth-order valence-electron chi connectivity index (χ4n) is 2.23. The van der Waals surface area contributed by atoms with Crippen LogP contribution in [0.25, 0.3) is 0 Å². The molecule has 24 heavy (non-hydrogen) atoms. The Bertz CT molecular complexity index is 579. The van der Waals surface area contributed by atoms with Gasteiger partial charge in [-0.25, -0.2) is 0 Å². The zero-order chi connectivity index (χ0) is 18.2. The summed E-state index contributed by atoms with van der Waals surface area (Å²) in [5.74, 6) is 0. The Morgan fingerprint density at radius 2 is 1.25 bits per heavy atom. The SMILES string of the molecule is CCC1(C)CC1.CCc1ccc(C)c(C)c1.Cc1ccc(C)cc1. The Labute approximate surface area is 150 Å². The van der Waals surface area contributed by atoms with Gasteiger partial charge < -0.3 is 0 Å². The van der Waals surface area contributed by atoms with E-state index in [1.807, 2.05) is 0 Å². The first-order valence-electron chi connectivity index (χ1n) is 9.39. The van der Waals surface area contributed by atoms with E-state index in [2.05, 4.69) is 90.9 Å². The van der Waals surface area contributed by atoms with E-state index in [1.165, 1.54) is 47.1 Å².